The summed E-state index contributed by atoms with van der Waals surface area (Å²) in [6.45, 7) is 3.11. The number of carbonyl (C=O) groups is 1. The van der Waals surface area contributed by atoms with Gasteiger partial charge in [0.1, 0.15) is 11.6 Å². The number of aryl methyl sites for hydroxylation is 1. The molecule has 39 heavy (non-hydrogen) atoms. The molecule has 0 spiro atoms. The Morgan fingerprint density at radius 2 is 1.69 bits per heavy atom. The first-order valence-corrected chi connectivity index (χ1v) is 13.6. The molecule has 1 atom stereocenters. The fourth-order valence-electron chi connectivity index (χ4n) is 3.97. The van der Waals surface area contributed by atoms with Crippen molar-refractivity contribution in [1.29, 1.82) is 0 Å². The average Bonchev–Trinajstić information content (AvgIpc) is 2.82. The van der Waals surface area contributed by atoms with Crippen molar-refractivity contribution in [3.8, 4) is 0 Å². The molecule has 0 unspecified atom stereocenters. The molecule has 0 aliphatic heterocycles. The van der Waals surface area contributed by atoms with E-state index in [1.807, 2.05) is 0 Å². The van der Waals surface area contributed by atoms with Crippen LogP contribution in [0.15, 0.2) is 41.3 Å². The van der Waals surface area contributed by atoms with E-state index in [1.165, 1.54) is 18.2 Å². The largest absolute Gasteiger partial charge is 0.481 e. The fraction of sp³-hybridized carbons (Fsp3) is 0.500. The molecule has 0 radical (unpaired) electrons. The predicted octanol–water partition coefficient (Wildman–Crippen LogP) is 4.37. The third-order valence-corrected chi connectivity index (χ3v) is 8.00. The highest BCUT2D eigenvalue weighted by atomic mass is 32.2. The summed E-state index contributed by atoms with van der Waals surface area (Å²) in [7, 11) is -3.34. The number of benzene rings is 2. The molecule has 218 valence electrons. The second-order valence-corrected chi connectivity index (χ2v) is 12.1. The van der Waals surface area contributed by atoms with Crippen LogP contribution in [0.1, 0.15) is 49.8 Å². The Labute approximate surface area is 224 Å². The van der Waals surface area contributed by atoms with Crippen LogP contribution in [0.5, 0.6) is 0 Å². The monoisotopic (exact) mass is 580 g/mol. The van der Waals surface area contributed by atoms with Crippen molar-refractivity contribution in [1.82, 2.24) is 9.62 Å². The number of β-amino-alcohol motifs (C(OH)–C–C–N with tert-alkyl or cyclic N) is 1. The molecule has 3 N–H and O–H groups in total. The number of hydrogen-bond acceptors (Lipinski definition) is 5. The van der Waals surface area contributed by atoms with Crippen molar-refractivity contribution in [2.75, 3.05) is 20.1 Å². The minimum Gasteiger partial charge on any atom is -0.481 e. The van der Waals surface area contributed by atoms with Gasteiger partial charge in [0.2, 0.25) is 10.0 Å². The van der Waals surface area contributed by atoms with E-state index in [2.05, 4.69) is 5.32 Å². The number of likely N-dealkylation sites (N-methyl/N-ethyl adjacent to an activating group) is 1. The number of rotatable bonds is 14. The number of aliphatic carboxylic acids is 1. The molecule has 2 aromatic carbocycles. The Kier molecular flexibility index (Phi) is 11.0. The van der Waals surface area contributed by atoms with E-state index in [0.29, 0.717) is 25.0 Å². The van der Waals surface area contributed by atoms with Gasteiger partial charge < -0.3 is 15.5 Å². The highest BCUT2D eigenvalue weighted by molar-refractivity contribution is 7.89. The molecule has 0 amide bonds. The van der Waals surface area contributed by atoms with Crippen LogP contribution in [0.2, 0.25) is 0 Å². The Balaban J connectivity index is 2.02. The van der Waals surface area contributed by atoms with Crippen molar-refractivity contribution in [3.05, 3.63) is 64.7 Å². The number of halogens is 5. The van der Waals surface area contributed by atoms with E-state index in [1.54, 1.807) is 13.8 Å². The maximum absolute atomic E-state index is 13.8. The van der Waals surface area contributed by atoms with Gasteiger partial charge in [-0.1, -0.05) is 6.07 Å². The minimum atomic E-state index is -4.85. The van der Waals surface area contributed by atoms with Gasteiger partial charge in [0, 0.05) is 37.7 Å². The molecule has 7 nitrogen and oxygen atoms in total. The third-order valence-electron chi connectivity index (χ3n) is 6.20. The van der Waals surface area contributed by atoms with Crippen LogP contribution in [-0.2, 0) is 33.8 Å². The number of aliphatic hydroxyl groups excluding tert-OH is 1. The molecule has 0 aliphatic carbocycles. The number of carboxylic acid groups (broad SMARTS) is 1. The lowest BCUT2D eigenvalue weighted by molar-refractivity contribution is -0.138. The normalized spacial score (nSPS) is 13.6. The number of nitrogens with one attached hydrogen (secondary N) is 1. The van der Waals surface area contributed by atoms with Crippen molar-refractivity contribution in [2.24, 2.45) is 0 Å². The number of nitrogens with zero attached hydrogens (tertiary/aromatic N) is 1. The molecule has 0 aliphatic rings. The zero-order valence-corrected chi connectivity index (χ0v) is 22.7. The van der Waals surface area contributed by atoms with Gasteiger partial charge in [-0.3, -0.25) is 4.79 Å². The van der Waals surface area contributed by atoms with Crippen LogP contribution in [-0.4, -0.2) is 60.7 Å². The quantitative estimate of drug-likeness (QED) is 0.287. The van der Waals surface area contributed by atoms with Crippen LogP contribution < -0.4 is 5.32 Å². The van der Waals surface area contributed by atoms with Crippen LogP contribution in [0, 0.1) is 11.6 Å². The van der Waals surface area contributed by atoms with Crippen molar-refractivity contribution < 1.29 is 45.4 Å². The van der Waals surface area contributed by atoms with Crippen molar-refractivity contribution in [3.63, 3.8) is 0 Å². The molecular formula is C26H33F5N2O5S. The molecule has 0 saturated carbocycles. The lowest BCUT2D eigenvalue weighted by Crippen LogP contribution is -2.46. The molecule has 0 fully saturated rings. The molecule has 0 aromatic heterocycles. The van der Waals surface area contributed by atoms with Gasteiger partial charge >= 0.3 is 12.1 Å². The molecule has 2 aromatic rings. The summed E-state index contributed by atoms with van der Waals surface area (Å²) < 4.78 is 94.5. The molecule has 0 saturated heterocycles. The standard InChI is InChI=1S/C26H33F5N2O5S/c1-25(2,11-5-6-21-22(27)7-4-8-23(21)28)32-15-19(34)16-33(3)39(37,38)20-13-17(9-10-24(35)36)12-18(14-20)26(29,30)31/h4,7-8,12-14,19,32,34H,5-6,9-11,15-16H2,1-3H3,(H,35,36)/t19-/m1/s1. The van der Waals surface area contributed by atoms with Crippen molar-refractivity contribution >= 4 is 16.0 Å². The van der Waals surface area contributed by atoms with Gasteiger partial charge in [-0.15, -0.1) is 0 Å². The van der Waals surface area contributed by atoms with Gasteiger partial charge in [-0.2, -0.15) is 17.5 Å². The summed E-state index contributed by atoms with van der Waals surface area (Å²) in [6, 6.07) is 5.82. The third kappa shape index (κ3) is 9.82. The second kappa shape index (κ2) is 13.2. The number of alkyl halides is 3. The van der Waals surface area contributed by atoms with E-state index in [4.69, 9.17) is 5.11 Å². The SMILES string of the molecule is CN(C[C@H](O)CNC(C)(C)CCCc1c(F)cccc1F)S(=O)(=O)c1cc(CCC(=O)O)cc(C(F)(F)F)c1. The summed E-state index contributed by atoms with van der Waals surface area (Å²) in [6.07, 6.45) is -5.78. The molecular weight excluding hydrogens is 547 g/mol. The summed E-state index contributed by atoms with van der Waals surface area (Å²) in [5, 5.41) is 22.4. The smallest absolute Gasteiger partial charge is 0.416 e. The Bertz CT molecular complexity index is 1230. The Hall–Kier alpha value is -2.61. The van der Waals surface area contributed by atoms with Crippen LogP contribution in [0.3, 0.4) is 0 Å². The van der Waals surface area contributed by atoms with Gasteiger partial charge in [0.25, 0.3) is 0 Å². The highest BCUT2D eigenvalue weighted by Crippen LogP contribution is 2.32. The Morgan fingerprint density at radius 3 is 2.26 bits per heavy atom. The van der Waals surface area contributed by atoms with E-state index >= 15 is 0 Å². The van der Waals surface area contributed by atoms with Gasteiger partial charge in [0.05, 0.1) is 16.6 Å². The van der Waals surface area contributed by atoms with E-state index in [9.17, 15) is 40.3 Å². The first-order valence-electron chi connectivity index (χ1n) is 12.2. The number of hydrogen-bond donors (Lipinski definition) is 3. The topological polar surface area (TPSA) is 107 Å². The molecule has 2 rings (SSSR count). The summed E-state index contributed by atoms with van der Waals surface area (Å²) >= 11 is 0. The zero-order chi connectivity index (χ0) is 29.6. The van der Waals surface area contributed by atoms with E-state index in [-0.39, 0.29) is 30.5 Å². The lowest BCUT2D eigenvalue weighted by Gasteiger charge is -2.29. The molecule has 0 bridgehead atoms. The van der Waals surface area contributed by atoms with Crippen LogP contribution in [0.4, 0.5) is 22.0 Å². The molecule has 13 heteroatoms. The number of aliphatic hydroxyl groups is 1. The van der Waals surface area contributed by atoms with Gasteiger partial charge in [-0.05, 0) is 75.4 Å². The van der Waals surface area contributed by atoms with E-state index < -0.39 is 68.9 Å². The summed E-state index contributed by atoms with van der Waals surface area (Å²) in [5.41, 5.74) is -1.92. The van der Waals surface area contributed by atoms with Crippen LogP contribution in [0.25, 0.3) is 0 Å². The van der Waals surface area contributed by atoms with E-state index in [0.717, 1.165) is 17.4 Å². The van der Waals surface area contributed by atoms with Gasteiger partial charge in [-0.25, -0.2) is 17.2 Å². The lowest BCUT2D eigenvalue weighted by atomic mass is 9.95. The number of sulfonamides is 1. The second-order valence-electron chi connectivity index (χ2n) is 10.0. The average molecular weight is 581 g/mol. The summed E-state index contributed by atoms with van der Waals surface area (Å²) in [4.78, 5) is 10.2. The van der Waals surface area contributed by atoms with Crippen molar-refractivity contribution in [2.45, 2.75) is 68.7 Å². The number of carboxylic acids is 1. The first-order chi connectivity index (χ1) is 17.9. The zero-order valence-electron chi connectivity index (χ0n) is 21.9. The van der Waals surface area contributed by atoms with Gasteiger partial charge in [0.15, 0.2) is 0 Å². The molecule has 0 heterocycles. The van der Waals surface area contributed by atoms with Crippen LogP contribution >= 0.6 is 0 Å². The minimum absolute atomic E-state index is 0.0131. The first kappa shape index (κ1) is 32.6. The maximum atomic E-state index is 13.8. The fourth-order valence-corrected chi connectivity index (χ4v) is 5.27. The Morgan fingerprint density at radius 1 is 1.08 bits per heavy atom. The highest BCUT2D eigenvalue weighted by Gasteiger charge is 2.34. The summed E-state index contributed by atoms with van der Waals surface area (Å²) in [5.74, 6) is -2.50. The predicted molar refractivity (Wildman–Crippen MR) is 135 cm³/mol. The maximum Gasteiger partial charge on any atom is 0.416 e.